The molecule has 0 spiro atoms. The van der Waals surface area contributed by atoms with E-state index in [0.717, 1.165) is 36.1 Å². The lowest BCUT2D eigenvalue weighted by Crippen LogP contribution is -2.11. The van der Waals surface area contributed by atoms with E-state index in [0.29, 0.717) is 6.61 Å². The summed E-state index contributed by atoms with van der Waals surface area (Å²) < 4.78 is 9.85. The fourth-order valence-electron chi connectivity index (χ4n) is 1.49. The summed E-state index contributed by atoms with van der Waals surface area (Å²) in [4.78, 5) is 4.39. The van der Waals surface area contributed by atoms with E-state index >= 15 is 0 Å². The molecular weight excluding hydrogens is 246 g/mol. The molecule has 96 valence electrons. The van der Waals surface area contributed by atoms with Crippen LogP contribution in [0.5, 0.6) is 5.75 Å². The van der Waals surface area contributed by atoms with E-state index in [9.17, 15) is 0 Å². The van der Waals surface area contributed by atoms with Gasteiger partial charge in [0.15, 0.2) is 0 Å². The molecule has 0 amide bonds. The maximum atomic E-state index is 5.58. The Labute approximate surface area is 111 Å². The first-order chi connectivity index (χ1) is 8.88. The Balaban J connectivity index is 1.68. The number of hydrogen-bond donors (Lipinski definition) is 1. The summed E-state index contributed by atoms with van der Waals surface area (Å²) in [5.41, 5.74) is 0. The van der Waals surface area contributed by atoms with Crippen molar-refractivity contribution in [2.24, 2.45) is 0 Å². The zero-order valence-corrected chi connectivity index (χ0v) is 11.2. The number of nitrogens with one attached hydrogen (secondary N) is 1. The summed E-state index contributed by atoms with van der Waals surface area (Å²) in [7, 11) is 0. The molecule has 0 radical (unpaired) electrons. The molecule has 5 heteroatoms. The summed E-state index contributed by atoms with van der Waals surface area (Å²) in [5, 5.41) is 4.08. The third kappa shape index (κ3) is 4.00. The monoisotopic (exact) mass is 263 g/mol. The highest BCUT2D eigenvalue weighted by Crippen LogP contribution is 2.12. The van der Waals surface area contributed by atoms with Crippen LogP contribution in [0.1, 0.15) is 19.2 Å². The van der Waals surface area contributed by atoms with Crippen molar-refractivity contribution in [3.63, 3.8) is 0 Å². The van der Waals surface area contributed by atoms with Crippen molar-refractivity contribution in [2.75, 3.05) is 18.5 Å². The molecule has 0 aliphatic carbocycles. The molecule has 1 N–H and O–H groups in total. The van der Waals surface area contributed by atoms with Gasteiger partial charge in [0.1, 0.15) is 18.2 Å². The molecule has 0 fully saturated rings. The van der Waals surface area contributed by atoms with Gasteiger partial charge in [-0.3, -0.25) is 0 Å². The lowest BCUT2D eigenvalue weighted by Gasteiger charge is -2.05. The van der Waals surface area contributed by atoms with Gasteiger partial charge in [-0.05, 0) is 18.6 Å². The third-order valence-electron chi connectivity index (χ3n) is 2.33. The van der Waals surface area contributed by atoms with Crippen molar-refractivity contribution in [3.8, 4) is 5.75 Å². The number of benzene rings is 1. The van der Waals surface area contributed by atoms with Crippen LogP contribution in [-0.4, -0.2) is 22.5 Å². The molecule has 0 aliphatic heterocycles. The van der Waals surface area contributed by atoms with Crippen LogP contribution in [0.3, 0.4) is 0 Å². The van der Waals surface area contributed by atoms with Gasteiger partial charge in [0, 0.05) is 18.0 Å². The van der Waals surface area contributed by atoms with Crippen LogP contribution in [0, 0.1) is 0 Å². The quantitative estimate of drug-likeness (QED) is 0.780. The molecule has 2 aromatic rings. The minimum atomic E-state index is 0.618. The van der Waals surface area contributed by atoms with Crippen LogP contribution in [0.25, 0.3) is 0 Å². The Kier molecular flexibility index (Phi) is 4.96. The van der Waals surface area contributed by atoms with Crippen LogP contribution in [-0.2, 0) is 6.42 Å². The van der Waals surface area contributed by atoms with Crippen molar-refractivity contribution < 1.29 is 4.74 Å². The lowest BCUT2D eigenvalue weighted by molar-refractivity contribution is 0.333. The first-order valence-electron chi connectivity index (χ1n) is 6.13. The predicted octanol–water partition coefficient (Wildman–Crippen LogP) is 2.98. The minimum Gasteiger partial charge on any atom is -0.492 e. The number of aromatic nitrogens is 2. The second kappa shape index (κ2) is 6.96. The van der Waals surface area contributed by atoms with Gasteiger partial charge < -0.3 is 10.1 Å². The lowest BCUT2D eigenvalue weighted by atomic mass is 10.3. The van der Waals surface area contributed by atoms with Gasteiger partial charge in [-0.25, -0.2) is 4.98 Å². The highest BCUT2D eigenvalue weighted by Gasteiger charge is 2.01. The maximum Gasteiger partial charge on any atom is 0.202 e. The molecule has 0 aliphatic rings. The Hall–Kier alpha value is -1.62. The van der Waals surface area contributed by atoms with Crippen LogP contribution in [0.4, 0.5) is 5.13 Å². The molecule has 0 saturated carbocycles. The second-order valence-electron chi connectivity index (χ2n) is 3.85. The van der Waals surface area contributed by atoms with Crippen molar-refractivity contribution in [1.29, 1.82) is 0 Å². The van der Waals surface area contributed by atoms with E-state index in [1.54, 1.807) is 0 Å². The maximum absolute atomic E-state index is 5.58. The molecule has 0 atom stereocenters. The Morgan fingerprint density at radius 2 is 2.11 bits per heavy atom. The van der Waals surface area contributed by atoms with Crippen LogP contribution >= 0.6 is 11.5 Å². The van der Waals surface area contributed by atoms with E-state index in [1.165, 1.54) is 11.5 Å². The number of para-hydroxylation sites is 1. The normalized spacial score (nSPS) is 10.3. The zero-order chi connectivity index (χ0) is 12.6. The number of nitrogens with zero attached hydrogens (tertiary/aromatic N) is 2. The standard InChI is InChI=1S/C13H17N3OS/c1-2-6-12-15-13(18-16-12)14-9-10-17-11-7-4-3-5-8-11/h3-5,7-8H,2,6,9-10H2,1H3,(H,14,15,16). The molecule has 1 aromatic heterocycles. The van der Waals surface area contributed by atoms with Crippen molar-refractivity contribution in [2.45, 2.75) is 19.8 Å². The number of anilines is 1. The first kappa shape index (κ1) is 12.8. The fourth-order valence-corrected chi connectivity index (χ4v) is 2.13. The molecule has 1 aromatic carbocycles. The van der Waals surface area contributed by atoms with E-state index in [4.69, 9.17) is 4.74 Å². The molecule has 0 bridgehead atoms. The van der Waals surface area contributed by atoms with Gasteiger partial charge in [0.25, 0.3) is 0 Å². The van der Waals surface area contributed by atoms with Gasteiger partial charge in [0.05, 0.1) is 6.54 Å². The van der Waals surface area contributed by atoms with Crippen molar-refractivity contribution in [1.82, 2.24) is 9.36 Å². The molecule has 1 heterocycles. The van der Waals surface area contributed by atoms with Crippen molar-refractivity contribution in [3.05, 3.63) is 36.2 Å². The fraction of sp³-hybridized carbons (Fsp3) is 0.385. The SMILES string of the molecule is CCCc1nsc(NCCOc2ccccc2)n1. The largest absolute Gasteiger partial charge is 0.492 e. The van der Waals surface area contributed by atoms with Gasteiger partial charge in [-0.2, -0.15) is 4.37 Å². The highest BCUT2D eigenvalue weighted by molar-refractivity contribution is 7.09. The summed E-state index contributed by atoms with van der Waals surface area (Å²) in [6, 6.07) is 9.80. The van der Waals surface area contributed by atoms with Gasteiger partial charge >= 0.3 is 0 Å². The molecule has 18 heavy (non-hydrogen) atoms. The Morgan fingerprint density at radius 3 is 2.89 bits per heavy atom. The molecule has 0 saturated heterocycles. The van der Waals surface area contributed by atoms with Crippen LogP contribution in [0.15, 0.2) is 30.3 Å². The Bertz CT molecular complexity index is 458. The van der Waals surface area contributed by atoms with E-state index in [1.807, 2.05) is 30.3 Å². The van der Waals surface area contributed by atoms with Gasteiger partial charge in [-0.15, -0.1) is 0 Å². The topological polar surface area (TPSA) is 47.0 Å². The number of aryl methyl sites for hydroxylation is 1. The van der Waals surface area contributed by atoms with E-state index in [2.05, 4.69) is 21.6 Å². The van der Waals surface area contributed by atoms with Crippen molar-refractivity contribution >= 4 is 16.7 Å². The van der Waals surface area contributed by atoms with Gasteiger partial charge in [-0.1, -0.05) is 25.1 Å². The number of ether oxygens (including phenoxy) is 1. The molecule has 4 nitrogen and oxygen atoms in total. The Morgan fingerprint density at radius 1 is 1.28 bits per heavy atom. The van der Waals surface area contributed by atoms with Gasteiger partial charge in [0.2, 0.25) is 5.13 Å². The van der Waals surface area contributed by atoms with E-state index < -0.39 is 0 Å². The third-order valence-corrected chi connectivity index (χ3v) is 3.04. The van der Waals surface area contributed by atoms with Crippen LogP contribution in [0.2, 0.25) is 0 Å². The predicted molar refractivity (Wildman–Crippen MR) is 74.3 cm³/mol. The van der Waals surface area contributed by atoms with E-state index in [-0.39, 0.29) is 0 Å². The minimum absolute atomic E-state index is 0.618. The smallest absolute Gasteiger partial charge is 0.202 e. The average Bonchev–Trinajstić information content (AvgIpc) is 2.84. The molecule has 0 unspecified atom stereocenters. The zero-order valence-electron chi connectivity index (χ0n) is 10.4. The highest BCUT2D eigenvalue weighted by atomic mass is 32.1. The summed E-state index contributed by atoms with van der Waals surface area (Å²) >= 11 is 1.41. The summed E-state index contributed by atoms with van der Waals surface area (Å²) in [6.07, 6.45) is 2.02. The van der Waals surface area contributed by atoms with Crippen LogP contribution < -0.4 is 10.1 Å². The summed E-state index contributed by atoms with van der Waals surface area (Å²) in [6.45, 7) is 3.48. The molecular formula is C13H17N3OS. The number of hydrogen-bond acceptors (Lipinski definition) is 5. The summed E-state index contributed by atoms with van der Waals surface area (Å²) in [5.74, 6) is 1.82. The second-order valence-corrected chi connectivity index (χ2v) is 4.61. The molecule has 2 rings (SSSR count). The first-order valence-corrected chi connectivity index (χ1v) is 6.90. The average molecular weight is 263 g/mol. The number of rotatable bonds is 7.